The minimum Gasteiger partial charge on any atom is -0.367 e. The molecule has 0 spiro atoms. The molecule has 0 unspecified atom stereocenters. The summed E-state index contributed by atoms with van der Waals surface area (Å²) in [4.78, 5) is 16.5. The summed E-state index contributed by atoms with van der Waals surface area (Å²) in [5.41, 5.74) is 3.27. The van der Waals surface area contributed by atoms with Gasteiger partial charge in [0.05, 0.1) is 11.0 Å². The van der Waals surface area contributed by atoms with Gasteiger partial charge < -0.3 is 5.32 Å². The van der Waals surface area contributed by atoms with E-state index in [-0.39, 0.29) is 0 Å². The van der Waals surface area contributed by atoms with Gasteiger partial charge in [-0.25, -0.2) is 23.7 Å². The zero-order valence-electron chi connectivity index (χ0n) is 13.6. The molecule has 0 amide bonds. The molecule has 4 aromatic rings. The number of hydrogen-bond acceptors (Lipinski definition) is 4. The molecule has 0 atom stereocenters. The maximum absolute atomic E-state index is 13.5. The number of H-pyrrole nitrogens is 1. The Morgan fingerprint density at radius 1 is 1.20 bits per heavy atom. The molecular formula is C18H16FN5O. The summed E-state index contributed by atoms with van der Waals surface area (Å²) in [7, 11) is 0. The number of nitrogens with zero attached hydrogens (tertiary/aromatic N) is 3. The predicted molar refractivity (Wildman–Crippen MR) is 94.4 cm³/mol. The van der Waals surface area contributed by atoms with Gasteiger partial charge in [-0.15, -0.1) is 5.10 Å². The molecule has 2 heterocycles. The first-order valence-corrected chi connectivity index (χ1v) is 7.97. The zero-order chi connectivity index (χ0) is 17.4. The quantitative estimate of drug-likeness (QED) is 0.600. The standard InChI is InChI=1S/C18H16FN5O/c1-11-2-4-12(5-3-11)8-9-20-16-17-22-23-18(25)24(17)15-10-13(19)6-7-14(15)21-16/h2-7,10H,8-9H2,1H3,(H,20,21)(H,23,25). The average molecular weight is 337 g/mol. The minimum atomic E-state index is -0.427. The maximum atomic E-state index is 13.5. The lowest BCUT2D eigenvalue weighted by Crippen LogP contribution is -2.13. The van der Waals surface area contributed by atoms with Crippen molar-refractivity contribution >= 4 is 22.5 Å². The molecule has 0 saturated carbocycles. The Morgan fingerprint density at radius 3 is 2.80 bits per heavy atom. The minimum absolute atomic E-state index is 0.354. The molecule has 0 aliphatic heterocycles. The molecule has 4 rings (SSSR count). The largest absolute Gasteiger partial charge is 0.367 e. The second kappa shape index (κ2) is 6.01. The van der Waals surface area contributed by atoms with Gasteiger partial charge in [0.1, 0.15) is 5.82 Å². The molecule has 2 aromatic heterocycles. The average Bonchev–Trinajstić information content (AvgIpc) is 2.99. The number of nitrogens with one attached hydrogen (secondary N) is 2. The van der Waals surface area contributed by atoms with Crippen molar-refractivity contribution in [2.75, 3.05) is 11.9 Å². The van der Waals surface area contributed by atoms with E-state index in [2.05, 4.69) is 51.7 Å². The number of benzene rings is 2. The molecule has 25 heavy (non-hydrogen) atoms. The fraction of sp³-hybridized carbons (Fsp3) is 0.167. The molecule has 0 aliphatic carbocycles. The fourth-order valence-electron chi connectivity index (χ4n) is 2.82. The van der Waals surface area contributed by atoms with Crippen LogP contribution in [0.25, 0.3) is 16.7 Å². The summed E-state index contributed by atoms with van der Waals surface area (Å²) < 4.78 is 14.9. The highest BCUT2D eigenvalue weighted by Gasteiger charge is 2.13. The van der Waals surface area contributed by atoms with Crippen molar-refractivity contribution in [2.45, 2.75) is 13.3 Å². The highest BCUT2D eigenvalue weighted by molar-refractivity contribution is 5.82. The first-order chi connectivity index (χ1) is 12.1. The monoisotopic (exact) mass is 337 g/mol. The molecule has 0 saturated heterocycles. The third-order valence-corrected chi connectivity index (χ3v) is 4.12. The zero-order valence-corrected chi connectivity index (χ0v) is 13.6. The van der Waals surface area contributed by atoms with Crippen LogP contribution in [0.2, 0.25) is 0 Å². The number of halogens is 1. The molecule has 0 radical (unpaired) electrons. The number of aryl methyl sites for hydroxylation is 1. The first kappa shape index (κ1) is 15.3. The van der Waals surface area contributed by atoms with E-state index in [1.165, 1.54) is 27.7 Å². The van der Waals surface area contributed by atoms with Crippen LogP contribution in [0.4, 0.5) is 10.2 Å². The highest BCUT2D eigenvalue weighted by atomic mass is 19.1. The van der Waals surface area contributed by atoms with Gasteiger partial charge in [-0.05, 0) is 31.0 Å². The van der Waals surface area contributed by atoms with Gasteiger partial charge in [-0.2, -0.15) is 0 Å². The van der Waals surface area contributed by atoms with Crippen LogP contribution in [-0.4, -0.2) is 26.1 Å². The lowest BCUT2D eigenvalue weighted by Gasteiger charge is -2.09. The summed E-state index contributed by atoms with van der Waals surface area (Å²) in [5, 5.41) is 9.63. The van der Waals surface area contributed by atoms with Crippen molar-refractivity contribution in [1.29, 1.82) is 0 Å². The molecule has 6 nitrogen and oxygen atoms in total. The number of rotatable bonds is 4. The molecular weight excluding hydrogens is 321 g/mol. The Morgan fingerprint density at radius 2 is 2.00 bits per heavy atom. The van der Waals surface area contributed by atoms with Crippen LogP contribution in [0.1, 0.15) is 11.1 Å². The SMILES string of the molecule is Cc1ccc(CCNc2nc3ccc(F)cc3n3c(=O)[nH]nc23)cc1. The Hall–Kier alpha value is -3.22. The van der Waals surface area contributed by atoms with E-state index in [4.69, 9.17) is 0 Å². The van der Waals surface area contributed by atoms with E-state index in [1.807, 2.05) is 0 Å². The van der Waals surface area contributed by atoms with Gasteiger partial charge in [0, 0.05) is 12.6 Å². The van der Waals surface area contributed by atoms with Crippen molar-refractivity contribution in [3.8, 4) is 0 Å². The van der Waals surface area contributed by atoms with E-state index in [1.54, 1.807) is 6.07 Å². The number of fused-ring (bicyclic) bond motifs is 3. The van der Waals surface area contributed by atoms with Gasteiger partial charge in [0.15, 0.2) is 5.82 Å². The predicted octanol–water partition coefficient (Wildman–Crippen LogP) is 2.67. The van der Waals surface area contributed by atoms with Gasteiger partial charge in [-0.1, -0.05) is 29.8 Å². The third-order valence-electron chi connectivity index (χ3n) is 4.12. The number of hydrogen-bond donors (Lipinski definition) is 2. The Balaban J connectivity index is 1.67. The topological polar surface area (TPSA) is 75.1 Å². The summed E-state index contributed by atoms with van der Waals surface area (Å²) >= 11 is 0. The van der Waals surface area contributed by atoms with Crippen molar-refractivity contribution < 1.29 is 4.39 Å². The molecule has 0 bridgehead atoms. The van der Waals surface area contributed by atoms with E-state index in [0.29, 0.717) is 29.0 Å². The normalized spacial score (nSPS) is 11.3. The second-order valence-electron chi connectivity index (χ2n) is 5.94. The lowest BCUT2D eigenvalue weighted by molar-refractivity contribution is 0.629. The third kappa shape index (κ3) is 2.84. The summed E-state index contributed by atoms with van der Waals surface area (Å²) in [6.07, 6.45) is 0.810. The van der Waals surface area contributed by atoms with Crippen molar-refractivity contribution in [3.63, 3.8) is 0 Å². The fourth-order valence-corrected chi connectivity index (χ4v) is 2.82. The van der Waals surface area contributed by atoms with Crippen molar-refractivity contribution in [3.05, 3.63) is 69.9 Å². The van der Waals surface area contributed by atoms with Gasteiger partial charge in [0.25, 0.3) is 0 Å². The van der Waals surface area contributed by atoms with E-state index < -0.39 is 11.5 Å². The van der Waals surface area contributed by atoms with E-state index >= 15 is 0 Å². The van der Waals surface area contributed by atoms with E-state index in [0.717, 1.165) is 6.42 Å². The van der Waals surface area contributed by atoms with Crippen molar-refractivity contribution in [2.24, 2.45) is 0 Å². The van der Waals surface area contributed by atoms with Crippen LogP contribution < -0.4 is 11.0 Å². The van der Waals surface area contributed by atoms with Crippen LogP contribution in [-0.2, 0) is 6.42 Å². The van der Waals surface area contributed by atoms with Crippen LogP contribution in [0.3, 0.4) is 0 Å². The molecule has 2 aromatic carbocycles. The second-order valence-corrected chi connectivity index (χ2v) is 5.94. The van der Waals surface area contributed by atoms with Crippen LogP contribution >= 0.6 is 0 Å². The summed E-state index contributed by atoms with van der Waals surface area (Å²) in [5.74, 6) is 0.0633. The first-order valence-electron chi connectivity index (χ1n) is 7.97. The van der Waals surface area contributed by atoms with Crippen LogP contribution in [0, 0.1) is 12.7 Å². The van der Waals surface area contributed by atoms with E-state index in [9.17, 15) is 9.18 Å². The number of aromatic amines is 1. The smallest absolute Gasteiger partial charge is 0.348 e. The van der Waals surface area contributed by atoms with Gasteiger partial charge in [-0.3, -0.25) is 0 Å². The Labute approximate surface area is 142 Å². The molecule has 126 valence electrons. The van der Waals surface area contributed by atoms with Crippen molar-refractivity contribution in [1.82, 2.24) is 19.6 Å². The Kier molecular flexibility index (Phi) is 3.68. The number of aromatic nitrogens is 4. The van der Waals surface area contributed by atoms with Crippen LogP contribution in [0.5, 0.6) is 0 Å². The lowest BCUT2D eigenvalue weighted by atomic mass is 10.1. The summed E-state index contributed by atoms with van der Waals surface area (Å²) in [6.45, 7) is 2.69. The van der Waals surface area contributed by atoms with Gasteiger partial charge in [0.2, 0.25) is 5.65 Å². The molecule has 2 N–H and O–H groups in total. The number of anilines is 1. The van der Waals surface area contributed by atoms with Gasteiger partial charge >= 0.3 is 5.69 Å². The maximum Gasteiger partial charge on any atom is 0.348 e. The molecule has 0 fully saturated rings. The molecule has 7 heteroatoms. The van der Waals surface area contributed by atoms with Crippen LogP contribution in [0.15, 0.2) is 47.3 Å². The Bertz CT molecular complexity index is 1110. The highest BCUT2D eigenvalue weighted by Crippen LogP contribution is 2.19. The summed E-state index contributed by atoms with van der Waals surface area (Å²) in [6, 6.07) is 12.5. The molecule has 0 aliphatic rings.